The van der Waals surface area contributed by atoms with E-state index in [4.69, 9.17) is 4.74 Å². The van der Waals surface area contributed by atoms with Crippen LogP contribution in [0.25, 0.3) is 0 Å². The summed E-state index contributed by atoms with van der Waals surface area (Å²) in [7, 11) is 1.48. The predicted octanol–water partition coefficient (Wildman–Crippen LogP) is 2.91. The van der Waals surface area contributed by atoms with Crippen molar-refractivity contribution < 1.29 is 14.6 Å². The zero-order valence-corrected chi connectivity index (χ0v) is 12.6. The van der Waals surface area contributed by atoms with Crippen LogP contribution < -0.4 is 4.74 Å². The molecule has 0 aromatic heterocycles. The second kappa shape index (κ2) is 5.73. The molecule has 1 aliphatic heterocycles. The van der Waals surface area contributed by atoms with Crippen LogP contribution in [-0.4, -0.2) is 35.6 Å². The first-order valence-corrected chi connectivity index (χ1v) is 7.12. The van der Waals surface area contributed by atoms with Crippen molar-refractivity contribution in [2.45, 2.75) is 33.2 Å². The number of hydrogen-bond donors (Lipinski definition) is 1. The number of piperidine rings is 1. The van der Waals surface area contributed by atoms with E-state index in [0.717, 1.165) is 13.0 Å². The first-order chi connectivity index (χ1) is 9.45. The molecule has 3 unspecified atom stereocenters. The van der Waals surface area contributed by atoms with Crippen LogP contribution in [0.1, 0.15) is 37.6 Å². The lowest BCUT2D eigenvalue weighted by Crippen LogP contribution is -2.48. The minimum atomic E-state index is -0.118. The van der Waals surface area contributed by atoms with Crippen molar-refractivity contribution in [1.82, 2.24) is 4.90 Å². The van der Waals surface area contributed by atoms with Crippen LogP contribution in [0.5, 0.6) is 11.5 Å². The molecule has 1 heterocycles. The third-order valence-electron chi connectivity index (χ3n) is 4.31. The van der Waals surface area contributed by atoms with Crippen LogP contribution in [0.4, 0.5) is 0 Å². The van der Waals surface area contributed by atoms with Crippen molar-refractivity contribution in [3.05, 3.63) is 23.8 Å². The zero-order valence-electron chi connectivity index (χ0n) is 12.6. The van der Waals surface area contributed by atoms with Gasteiger partial charge in [-0.2, -0.15) is 0 Å². The van der Waals surface area contributed by atoms with E-state index >= 15 is 0 Å². The van der Waals surface area contributed by atoms with E-state index < -0.39 is 0 Å². The molecule has 0 spiro atoms. The Balaban J connectivity index is 2.31. The number of phenolic OH excluding ortho intramolecular Hbond substituents is 1. The molecule has 2 rings (SSSR count). The first-order valence-electron chi connectivity index (χ1n) is 7.12. The molecule has 3 atom stereocenters. The Bertz CT molecular complexity index is 500. The number of amides is 1. The van der Waals surface area contributed by atoms with Gasteiger partial charge in [-0.1, -0.05) is 19.9 Å². The summed E-state index contributed by atoms with van der Waals surface area (Å²) in [4.78, 5) is 14.6. The van der Waals surface area contributed by atoms with Gasteiger partial charge in [0.2, 0.25) is 0 Å². The number of likely N-dealkylation sites (tertiary alicyclic amines) is 1. The topological polar surface area (TPSA) is 49.8 Å². The average molecular weight is 277 g/mol. The monoisotopic (exact) mass is 277 g/mol. The van der Waals surface area contributed by atoms with Crippen LogP contribution in [0, 0.1) is 11.8 Å². The van der Waals surface area contributed by atoms with Gasteiger partial charge in [0, 0.05) is 12.6 Å². The number of hydrogen-bond acceptors (Lipinski definition) is 3. The number of carbonyl (C=O) groups is 1. The fraction of sp³-hybridized carbons (Fsp3) is 0.562. The predicted molar refractivity (Wildman–Crippen MR) is 78.1 cm³/mol. The zero-order chi connectivity index (χ0) is 14.9. The fourth-order valence-corrected chi connectivity index (χ4v) is 3.00. The van der Waals surface area contributed by atoms with Gasteiger partial charge in [-0.05, 0) is 37.3 Å². The summed E-state index contributed by atoms with van der Waals surface area (Å²) in [6.45, 7) is 7.15. The third-order valence-corrected chi connectivity index (χ3v) is 4.31. The molecule has 0 radical (unpaired) electrons. The standard InChI is InChI=1S/C16H23NO3/c1-10-8-11(2)12(3)17(9-10)16(19)13-6-5-7-14(20-4)15(13)18/h5-7,10-12,18H,8-9H2,1-4H3. The second-order valence-electron chi connectivity index (χ2n) is 5.87. The Morgan fingerprint density at radius 1 is 1.35 bits per heavy atom. The maximum atomic E-state index is 12.7. The number of phenols is 1. The summed E-state index contributed by atoms with van der Waals surface area (Å²) in [5.74, 6) is 1.10. The molecule has 1 amide bonds. The summed E-state index contributed by atoms with van der Waals surface area (Å²) in [5.41, 5.74) is 0.317. The van der Waals surface area contributed by atoms with Gasteiger partial charge in [0.25, 0.3) is 5.91 Å². The molecule has 1 N–H and O–H groups in total. The quantitative estimate of drug-likeness (QED) is 0.904. The van der Waals surface area contributed by atoms with Crippen LogP contribution in [0.15, 0.2) is 18.2 Å². The number of methoxy groups -OCH3 is 1. The van der Waals surface area contributed by atoms with Crippen LogP contribution in [0.2, 0.25) is 0 Å². The highest BCUT2D eigenvalue weighted by Crippen LogP contribution is 2.33. The van der Waals surface area contributed by atoms with Gasteiger partial charge < -0.3 is 14.7 Å². The molecule has 1 aromatic rings. The van der Waals surface area contributed by atoms with E-state index in [1.54, 1.807) is 18.2 Å². The smallest absolute Gasteiger partial charge is 0.258 e. The molecule has 4 nitrogen and oxygen atoms in total. The lowest BCUT2D eigenvalue weighted by molar-refractivity contribution is 0.0452. The molecule has 1 aromatic carbocycles. The van der Waals surface area contributed by atoms with Gasteiger partial charge in [-0.15, -0.1) is 0 Å². The van der Waals surface area contributed by atoms with Gasteiger partial charge in [0.15, 0.2) is 11.5 Å². The highest BCUT2D eigenvalue weighted by Gasteiger charge is 2.33. The minimum absolute atomic E-state index is 0.0712. The number of para-hydroxylation sites is 1. The lowest BCUT2D eigenvalue weighted by atomic mass is 9.85. The minimum Gasteiger partial charge on any atom is -0.504 e. The fourth-order valence-electron chi connectivity index (χ4n) is 3.00. The number of benzene rings is 1. The Labute approximate surface area is 120 Å². The first kappa shape index (κ1) is 14.7. The molecule has 20 heavy (non-hydrogen) atoms. The van der Waals surface area contributed by atoms with Crippen molar-refractivity contribution in [2.75, 3.05) is 13.7 Å². The maximum absolute atomic E-state index is 12.7. The maximum Gasteiger partial charge on any atom is 0.258 e. The molecule has 1 saturated heterocycles. The van der Waals surface area contributed by atoms with E-state index in [-0.39, 0.29) is 17.7 Å². The SMILES string of the molecule is COc1cccc(C(=O)N2CC(C)CC(C)C2C)c1O. The highest BCUT2D eigenvalue weighted by atomic mass is 16.5. The molecular weight excluding hydrogens is 254 g/mol. The molecule has 110 valence electrons. The van der Waals surface area contributed by atoms with Crippen molar-refractivity contribution in [3.8, 4) is 11.5 Å². The van der Waals surface area contributed by atoms with E-state index in [2.05, 4.69) is 20.8 Å². The summed E-state index contributed by atoms with van der Waals surface area (Å²) < 4.78 is 5.07. The van der Waals surface area contributed by atoms with Crippen molar-refractivity contribution in [3.63, 3.8) is 0 Å². The van der Waals surface area contributed by atoms with E-state index in [1.165, 1.54) is 7.11 Å². The average Bonchev–Trinajstić information content (AvgIpc) is 2.42. The van der Waals surface area contributed by atoms with Crippen molar-refractivity contribution in [2.24, 2.45) is 11.8 Å². The molecule has 1 aliphatic rings. The summed E-state index contributed by atoms with van der Waals surface area (Å²) in [5, 5.41) is 10.1. The van der Waals surface area contributed by atoms with Crippen LogP contribution in [-0.2, 0) is 0 Å². The third kappa shape index (κ3) is 2.60. The number of aromatic hydroxyl groups is 1. The number of nitrogens with zero attached hydrogens (tertiary/aromatic N) is 1. The van der Waals surface area contributed by atoms with Gasteiger partial charge in [-0.3, -0.25) is 4.79 Å². The van der Waals surface area contributed by atoms with E-state index in [9.17, 15) is 9.90 Å². The van der Waals surface area contributed by atoms with Crippen molar-refractivity contribution >= 4 is 5.91 Å². The van der Waals surface area contributed by atoms with Crippen LogP contribution >= 0.6 is 0 Å². The molecule has 0 saturated carbocycles. The summed E-state index contributed by atoms with van der Waals surface area (Å²) in [6.07, 6.45) is 1.13. The van der Waals surface area contributed by atoms with Crippen LogP contribution in [0.3, 0.4) is 0 Å². The largest absolute Gasteiger partial charge is 0.504 e. The van der Waals surface area contributed by atoms with Crippen molar-refractivity contribution in [1.29, 1.82) is 0 Å². The van der Waals surface area contributed by atoms with Gasteiger partial charge in [0.1, 0.15) is 0 Å². The number of ether oxygens (including phenoxy) is 1. The lowest BCUT2D eigenvalue weighted by Gasteiger charge is -2.41. The molecule has 0 aliphatic carbocycles. The molecular formula is C16H23NO3. The normalized spacial score (nSPS) is 26.4. The Kier molecular flexibility index (Phi) is 4.21. The van der Waals surface area contributed by atoms with Gasteiger partial charge in [0.05, 0.1) is 12.7 Å². The molecule has 0 bridgehead atoms. The summed E-state index contributed by atoms with van der Waals surface area (Å²) in [6, 6.07) is 5.21. The molecule has 4 heteroatoms. The Hall–Kier alpha value is -1.71. The Morgan fingerprint density at radius 2 is 2.05 bits per heavy atom. The Morgan fingerprint density at radius 3 is 2.70 bits per heavy atom. The van der Waals surface area contributed by atoms with Gasteiger partial charge in [-0.25, -0.2) is 0 Å². The van der Waals surface area contributed by atoms with E-state index in [0.29, 0.717) is 23.1 Å². The molecule has 1 fully saturated rings. The van der Waals surface area contributed by atoms with Gasteiger partial charge >= 0.3 is 0 Å². The number of carbonyl (C=O) groups excluding carboxylic acids is 1. The number of rotatable bonds is 2. The summed E-state index contributed by atoms with van der Waals surface area (Å²) >= 11 is 0. The van der Waals surface area contributed by atoms with E-state index in [1.807, 2.05) is 4.90 Å². The second-order valence-corrected chi connectivity index (χ2v) is 5.87. The highest BCUT2D eigenvalue weighted by molar-refractivity contribution is 5.97.